The van der Waals surface area contributed by atoms with Gasteiger partial charge in [-0.2, -0.15) is 0 Å². The molecule has 103 heavy (non-hydrogen) atoms. The Bertz CT molecular complexity index is 3650. The molecule has 0 aromatic heterocycles. The summed E-state index contributed by atoms with van der Waals surface area (Å²) in [5, 5.41) is 52.1. The van der Waals surface area contributed by atoms with E-state index in [4.69, 9.17) is 111 Å². The number of phenols is 5. The number of rotatable bonds is 9. The molecule has 0 saturated carbocycles. The Morgan fingerprint density at radius 2 is 0.534 bits per heavy atom. The second-order valence-electron chi connectivity index (χ2n) is 26.5. The molecule has 0 fully saturated rings. The van der Waals surface area contributed by atoms with Crippen LogP contribution in [0, 0.1) is 0 Å². The van der Waals surface area contributed by atoms with Crippen LogP contribution in [0.3, 0.4) is 0 Å². The summed E-state index contributed by atoms with van der Waals surface area (Å²) in [4.78, 5) is 20.9. The number of aromatic hydroxyl groups is 5. The van der Waals surface area contributed by atoms with Gasteiger partial charge in [-0.25, -0.2) is 0 Å². The van der Waals surface area contributed by atoms with Crippen LogP contribution in [0.5, 0.6) is 28.7 Å². The zero-order valence-electron chi connectivity index (χ0n) is 60.8. The Balaban J connectivity index is 0. The second kappa shape index (κ2) is 56.8. The van der Waals surface area contributed by atoms with Gasteiger partial charge in [0.25, 0.3) is 0 Å². The number of nitrogens with zero attached hydrogens (tertiary/aromatic N) is 5. The van der Waals surface area contributed by atoms with E-state index in [1.165, 1.54) is 0 Å². The molecule has 0 saturated heterocycles. The summed E-state index contributed by atoms with van der Waals surface area (Å²) < 4.78 is 0. The molecule has 0 aliphatic rings. The maximum atomic E-state index is 10.3. The summed E-state index contributed by atoms with van der Waals surface area (Å²) in [6.45, 7) is 31.8. The van der Waals surface area contributed by atoms with Crippen LogP contribution >= 0.6 is 111 Å². The Labute approximate surface area is 712 Å². The average molecular weight is 1950 g/mol. The van der Waals surface area contributed by atoms with Crippen molar-refractivity contribution < 1.29 is 122 Å². The van der Waals surface area contributed by atoms with Crippen molar-refractivity contribution in [3.63, 3.8) is 0 Å². The van der Waals surface area contributed by atoms with Gasteiger partial charge < -0.3 is 25.5 Å². The van der Waals surface area contributed by atoms with Gasteiger partial charge >= 0.3 is 185 Å². The number of hydrogen-bond acceptors (Lipinski definition) is 10. The van der Waals surface area contributed by atoms with Crippen molar-refractivity contribution in [2.45, 2.75) is 137 Å². The third-order valence-corrected chi connectivity index (χ3v) is 14.3. The van der Waals surface area contributed by atoms with Gasteiger partial charge in [-0.15, -0.1) is 0 Å². The quantitative estimate of drug-likeness (QED) is 0.0717. The zero-order valence-corrected chi connectivity index (χ0v) is 80.3. The summed E-state index contributed by atoms with van der Waals surface area (Å²) in [5.74, 6) is 1.56. The first-order valence-electron chi connectivity index (χ1n) is 31.2. The molecule has 0 radical (unpaired) electrons. The van der Waals surface area contributed by atoms with Crippen LogP contribution in [0.1, 0.15) is 165 Å². The van der Waals surface area contributed by atoms with Crippen LogP contribution in [0.25, 0.3) is 0 Å². The van der Waals surface area contributed by atoms with Gasteiger partial charge in [0.05, 0.1) is 28.0 Å². The van der Waals surface area contributed by atoms with Crippen molar-refractivity contribution in [2.24, 2.45) is 25.0 Å². The van der Waals surface area contributed by atoms with E-state index >= 15 is 0 Å². The fraction of sp³-hybridized carbons (Fsp3) is 0.303. The monoisotopic (exact) mass is 1940 g/mol. The normalized spacial score (nSPS) is 11.0. The Hall–Kier alpha value is -1.33. The predicted octanol–water partition coefficient (Wildman–Crippen LogP) is 26.9. The van der Waals surface area contributed by atoms with Gasteiger partial charge in [-0.3, -0.25) is 25.0 Å². The van der Waals surface area contributed by atoms with E-state index in [2.05, 4.69) is 129 Å². The second-order valence-corrected chi connectivity index (χ2v) is 43.6. The maximum absolute atomic E-state index is 10.3. The number of hydrogen-bond donors (Lipinski definition) is 5. The first-order chi connectivity index (χ1) is 48.3. The van der Waals surface area contributed by atoms with Crippen molar-refractivity contribution in [3.05, 3.63) is 241 Å². The van der Waals surface area contributed by atoms with E-state index in [0.29, 0.717) is 56.3 Å². The van der Waals surface area contributed by atoms with Gasteiger partial charge in [0.15, 0.2) is 0 Å². The molecular weight excluding hydrogens is 1860 g/mol. The van der Waals surface area contributed by atoms with Crippen molar-refractivity contribution in [2.75, 3.05) is 14.1 Å². The van der Waals surface area contributed by atoms with E-state index in [1.807, 2.05) is 158 Å². The molecule has 27 heteroatoms. The van der Waals surface area contributed by atoms with Crippen molar-refractivity contribution in [1.82, 2.24) is 0 Å². The summed E-state index contributed by atoms with van der Waals surface area (Å²) in [6, 6.07) is 53.5. The number of phenolic OH excluding ortho intramolecular Hbond substituents is 5. The molecule has 5 N–H and O–H groups in total. The number of halogens is 12. The first kappa shape index (κ1) is 104. The standard InChI is InChI=1S/C18H21NO.2C17H18ClNO.2C12H17NO.10ClH.2Ti.3Zr/c1-18(2,3)16-11-7-10-15(17(16)20)13-19-12-14-8-5-4-6-9-14;2*1-17(2,3)13-8-6-7-12(16(13)20)11-19-15-10-5-4-9-14(15)18;2*1-12(2,3)10-7-5-6-9(8-13-4)11(10)14;;;;;;;;;;;;;;;/h4-11,13,20H,12H2,1-3H3;2*4-11,20H,1-3H3;2*5-8,14H,1-4H3;10*1H;;;;;/q;;;;;;;;;;;;;;;5*+2/p-10. The molecule has 8 rings (SSSR count). The van der Waals surface area contributed by atoms with E-state index < -0.39 is 96.6 Å². The summed E-state index contributed by atoms with van der Waals surface area (Å²) in [5.41, 5.74) is 10.5. The molecule has 0 bridgehead atoms. The van der Waals surface area contributed by atoms with E-state index in [-0.39, 0.29) is 38.6 Å². The Morgan fingerprint density at radius 3 is 0.757 bits per heavy atom. The van der Waals surface area contributed by atoms with Crippen molar-refractivity contribution >= 4 is 154 Å². The number of benzene rings is 8. The molecular formula is C76H91Cl12N5O5Ti2Zr3. The Morgan fingerprint density at radius 1 is 0.320 bits per heavy atom. The van der Waals surface area contributed by atoms with Gasteiger partial charge in [-0.05, 0) is 115 Å². The molecule has 0 aliphatic carbocycles. The van der Waals surface area contributed by atoms with E-state index in [9.17, 15) is 25.5 Å². The predicted molar refractivity (Wildman–Crippen MR) is 435 cm³/mol. The summed E-state index contributed by atoms with van der Waals surface area (Å²) in [7, 11) is 52.6. The van der Waals surface area contributed by atoms with Crippen LogP contribution < -0.4 is 0 Å². The van der Waals surface area contributed by atoms with Crippen LogP contribution in [0.4, 0.5) is 11.4 Å². The topological polar surface area (TPSA) is 163 Å². The van der Waals surface area contributed by atoms with Gasteiger partial charge in [-0.1, -0.05) is 242 Å². The molecule has 0 unspecified atom stereocenters. The van der Waals surface area contributed by atoms with Crippen LogP contribution in [-0.4, -0.2) is 70.7 Å². The summed E-state index contributed by atoms with van der Waals surface area (Å²) >= 11 is 8.53. The SMILES string of the molecule is CC(C)(C)c1cccc(C=NCc2ccccc2)c1O.CC(C)(C)c1cccc(C=Nc2ccccc2Cl)c1O.CC(C)(C)c1cccc(C=Nc2ccccc2Cl)c1O.CN=Cc1cccc(C(C)(C)C)c1O.CN=Cc1cccc(C(C)(C)C)c1O.[Cl][Ti][Cl].[Cl][Ti][Cl].[Cl][Zr][Cl].[Cl][Zr][Cl].[Cl][Zr][Cl]. The molecule has 8 aromatic carbocycles. The zero-order chi connectivity index (χ0) is 79.2. The number of aliphatic imine (C=N–C) groups is 5. The average Bonchev–Trinajstić information content (AvgIpc) is 0.844. The third-order valence-electron chi connectivity index (χ3n) is 13.6. The molecule has 10 nitrogen and oxygen atoms in total. The van der Waals surface area contributed by atoms with Crippen LogP contribution in [0.2, 0.25) is 10.0 Å². The van der Waals surface area contributed by atoms with Crippen molar-refractivity contribution in [1.29, 1.82) is 0 Å². The van der Waals surface area contributed by atoms with E-state index in [0.717, 1.165) is 50.1 Å². The molecule has 0 heterocycles. The number of para-hydroxylation sites is 7. The molecule has 0 atom stereocenters. The van der Waals surface area contributed by atoms with Crippen LogP contribution in [-0.2, 0) is 130 Å². The third kappa shape index (κ3) is 43.2. The minimum atomic E-state index is -0.826. The van der Waals surface area contributed by atoms with Crippen molar-refractivity contribution in [3.8, 4) is 28.7 Å². The molecule has 0 spiro atoms. The van der Waals surface area contributed by atoms with E-state index in [1.54, 1.807) is 57.3 Å². The van der Waals surface area contributed by atoms with Gasteiger partial charge in [0.2, 0.25) is 0 Å². The first-order valence-corrected chi connectivity index (χ1v) is 59.5. The molecule has 8 aromatic rings. The summed E-state index contributed by atoms with van der Waals surface area (Å²) in [6.07, 6.45) is 8.38. The van der Waals surface area contributed by atoms with Gasteiger partial charge in [0.1, 0.15) is 28.7 Å². The van der Waals surface area contributed by atoms with Gasteiger partial charge in [0, 0.05) is 73.0 Å². The fourth-order valence-electron chi connectivity index (χ4n) is 8.86. The van der Waals surface area contributed by atoms with Crippen LogP contribution in [0.15, 0.2) is 195 Å². The molecule has 0 amide bonds. The molecule has 554 valence electrons. The Kier molecular flexibility index (Phi) is 57.2. The minimum absolute atomic E-state index is 0.0400. The fourth-order valence-corrected chi connectivity index (χ4v) is 9.22. The molecule has 0 aliphatic heterocycles.